The van der Waals surface area contributed by atoms with Crippen molar-refractivity contribution in [3.05, 3.63) is 53.4 Å². The average Bonchev–Trinajstić information content (AvgIpc) is 2.37. The second-order valence-electron chi connectivity index (χ2n) is 3.78. The molecule has 2 rings (SSSR count). The fourth-order valence-electron chi connectivity index (χ4n) is 1.52. The lowest BCUT2D eigenvalue weighted by Gasteiger charge is -2.09. The van der Waals surface area contributed by atoms with Gasteiger partial charge in [-0.25, -0.2) is 4.98 Å². The van der Waals surface area contributed by atoms with Crippen LogP contribution in [0.2, 0.25) is 0 Å². The Morgan fingerprint density at radius 3 is 2.75 bits per heavy atom. The normalized spacial score (nSPS) is 10.3. The van der Waals surface area contributed by atoms with E-state index in [0.29, 0.717) is 10.0 Å². The summed E-state index contributed by atoms with van der Waals surface area (Å²) in [6.45, 7) is 1.66. The van der Waals surface area contributed by atoms with Gasteiger partial charge in [0.2, 0.25) is 11.6 Å². The molecule has 0 aliphatic heterocycles. The van der Waals surface area contributed by atoms with Crippen LogP contribution < -0.4 is 10.3 Å². The number of nitrogens with zero attached hydrogens (tertiary/aromatic N) is 2. The first-order valence-electron chi connectivity index (χ1n) is 5.25. The van der Waals surface area contributed by atoms with Gasteiger partial charge in [0.05, 0.1) is 11.3 Å². The van der Waals surface area contributed by atoms with E-state index in [9.17, 15) is 14.9 Å². The fraction of sp³-hybridized carbons (Fsp3) is 0.0909. The molecule has 0 bridgehead atoms. The van der Waals surface area contributed by atoms with E-state index in [2.05, 4.69) is 41.8 Å². The van der Waals surface area contributed by atoms with Gasteiger partial charge in [-0.2, -0.15) is 0 Å². The van der Waals surface area contributed by atoms with Gasteiger partial charge in [-0.15, -0.1) is 0 Å². The first-order valence-corrected chi connectivity index (χ1v) is 6.84. The lowest BCUT2D eigenvalue weighted by atomic mass is 10.2. The molecule has 0 atom stereocenters. The third-order valence-corrected chi connectivity index (χ3v) is 3.54. The molecule has 0 fully saturated rings. The van der Waals surface area contributed by atoms with E-state index in [1.54, 1.807) is 13.0 Å². The van der Waals surface area contributed by atoms with Gasteiger partial charge in [-0.3, -0.25) is 14.9 Å². The van der Waals surface area contributed by atoms with Crippen LogP contribution in [0.15, 0.2) is 32.2 Å². The molecule has 0 saturated heterocycles. The molecule has 0 aliphatic rings. The van der Waals surface area contributed by atoms with Gasteiger partial charge in [0.25, 0.3) is 5.56 Å². The fourth-order valence-corrected chi connectivity index (χ4v) is 2.37. The minimum atomic E-state index is -0.561. The summed E-state index contributed by atoms with van der Waals surface area (Å²) >= 11 is 6.22. The van der Waals surface area contributed by atoms with Crippen LogP contribution in [-0.4, -0.2) is 14.9 Å². The standard InChI is InChI=1S/C11H7Br2N3O4/c1-5-2-6(12)3-7(16(18)19)9(5)20-11-8(13)10(17)14-4-15-11/h2-4H,1H3,(H,14,15,17). The maximum absolute atomic E-state index is 11.4. The van der Waals surface area contributed by atoms with E-state index in [1.165, 1.54) is 6.07 Å². The van der Waals surface area contributed by atoms with Crippen LogP contribution in [0.3, 0.4) is 0 Å². The van der Waals surface area contributed by atoms with E-state index in [1.807, 2.05) is 0 Å². The first-order chi connectivity index (χ1) is 9.40. The quantitative estimate of drug-likeness (QED) is 0.625. The van der Waals surface area contributed by atoms with Crippen LogP contribution in [0.1, 0.15) is 5.56 Å². The van der Waals surface area contributed by atoms with Crippen molar-refractivity contribution in [2.75, 3.05) is 0 Å². The van der Waals surface area contributed by atoms with Gasteiger partial charge >= 0.3 is 5.69 Å². The Morgan fingerprint density at radius 1 is 1.40 bits per heavy atom. The maximum atomic E-state index is 11.4. The Balaban J connectivity index is 2.56. The molecule has 0 radical (unpaired) electrons. The molecule has 20 heavy (non-hydrogen) atoms. The molecule has 104 valence electrons. The molecule has 0 saturated carbocycles. The molecule has 1 heterocycles. The topological polar surface area (TPSA) is 98.1 Å². The van der Waals surface area contributed by atoms with Gasteiger partial charge < -0.3 is 9.72 Å². The van der Waals surface area contributed by atoms with Crippen LogP contribution in [0, 0.1) is 17.0 Å². The van der Waals surface area contributed by atoms with Crippen LogP contribution in [0.4, 0.5) is 5.69 Å². The van der Waals surface area contributed by atoms with E-state index < -0.39 is 10.5 Å². The van der Waals surface area contributed by atoms with Gasteiger partial charge in [-0.05, 0) is 28.9 Å². The molecule has 1 N–H and O–H groups in total. The van der Waals surface area contributed by atoms with Crippen molar-refractivity contribution in [2.45, 2.75) is 6.92 Å². The van der Waals surface area contributed by atoms with Crippen molar-refractivity contribution < 1.29 is 9.66 Å². The molecule has 1 aromatic heterocycles. The molecule has 0 unspecified atom stereocenters. The van der Waals surface area contributed by atoms with Gasteiger partial charge in [-0.1, -0.05) is 15.9 Å². The largest absolute Gasteiger partial charge is 0.430 e. The number of halogens is 2. The third-order valence-electron chi connectivity index (χ3n) is 2.38. The number of aryl methyl sites for hydroxylation is 1. The summed E-state index contributed by atoms with van der Waals surface area (Å²) in [6.07, 6.45) is 1.16. The lowest BCUT2D eigenvalue weighted by Crippen LogP contribution is -2.09. The van der Waals surface area contributed by atoms with Crippen molar-refractivity contribution >= 4 is 37.5 Å². The highest BCUT2D eigenvalue weighted by molar-refractivity contribution is 9.10. The number of aromatic nitrogens is 2. The minimum absolute atomic E-state index is 0.0389. The van der Waals surface area contributed by atoms with Crippen LogP contribution in [0.25, 0.3) is 0 Å². The Labute approximate surface area is 129 Å². The van der Waals surface area contributed by atoms with E-state index in [0.717, 1.165) is 6.33 Å². The molecule has 0 amide bonds. The molecule has 0 spiro atoms. The molecule has 2 aromatic rings. The summed E-state index contributed by atoms with van der Waals surface area (Å²) in [5, 5.41) is 11.1. The Kier molecular flexibility index (Phi) is 4.19. The summed E-state index contributed by atoms with van der Waals surface area (Å²) in [5.74, 6) is -0.000674. The highest BCUT2D eigenvalue weighted by Crippen LogP contribution is 2.37. The molecule has 0 aliphatic carbocycles. The minimum Gasteiger partial charge on any atom is -0.430 e. The van der Waals surface area contributed by atoms with Crippen LogP contribution in [-0.2, 0) is 0 Å². The van der Waals surface area contributed by atoms with E-state index >= 15 is 0 Å². The summed E-state index contributed by atoms with van der Waals surface area (Å²) < 4.78 is 6.06. The number of nitro groups is 1. The van der Waals surface area contributed by atoms with Gasteiger partial charge in [0.15, 0.2) is 0 Å². The zero-order valence-corrected chi connectivity index (χ0v) is 13.2. The Hall–Kier alpha value is -1.74. The number of hydrogen-bond acceptors (Lipinski definition) is 5. The van der Waals surface area contributed by atoms with Crippen molar-refractivity contribution in [1.82, 2.24) is 9.97 Å². The summed E-state index contributed by atoms with van der Waals surface area (Å²) in [6, 6.07) is 2.99. The monoisotopic (exact) mass is 403 g/mol. The number of benzene rings is 1. The van der Waals surface area contributed by atoms with Crippen molar-refractivity contribution in [1.29, 1.82) is 0 Å². The van der Waals surface area contributed by atoms with Crippen LogP contribution in [0.5, 0.6) is 11.6 Å². The number of ether oxygens (including phenoxy) is 1. The molecule has 9 heteroatoms. The van der Waals surface area contributed by atoms with Crippen molar-refractivity contribution in [3.8, 4) is 11.6 Å². The highest BCUT2D eigenvalue weighted by atomic mass is 79.9. The second kappa shape index (κ2) is 5.71. The molecule has 7 nitrogen and oxygen atoms in total. The van der Waals surface area contributed by atoms with Crippen molar-refractivity contribution in [3.63, 3.8) is 0 Å². The second-order valence-corrected chi connectivity index (χ2v) is 5.49. The third kappa shape index (κ3) is 2.88. The number of nitro benzene ring substituents is 1. The zero-order valence-electron chi connectivity index (χ0n) is 10.0. The Bertz CT molecular complexity index is 745. The van der Waals surface area contributed by atoms with Gasteiger partial charge in [0, 0.05) is 16.1 Å². The molecular formula is C11H7Br2N3O4. The number of hydrogen-bond donors (Lipinski definition) is 1. The van der Waals surface area contributed by atoms with Gasteiger partial charge in [0.1, 0.15) is 4.47 Å². The summed E-state index contributed by atoms with van der Waals surface area (Å²) in [5.41, 5.74) is -0.113. The number of aromatic amines is 1. The number of nitrogens with one attached hydrogen (secondary N) is 1. The van der Waals surface area contributed by atoms with Crippen molar-refractivity contribution in [2.24, 2.45) is 0 Å². The zero-order chi connectivity index (χ0) is 14.9. The predicted molar refractivity (Wildman–Crippen MR) is 78.2 cm³/mol. The summed E-state index contributed by atoms with van der Waals surface area (Å²) in [7, 11) is 0. The number of H-pyrrole nitrogens is 1. The summed E-state index contributed by atoms with van der Waals surface area (Å²) in [4.78, 5) is 28.1. The molecular weight excluding hydrogens is 398 g/mol. The predicted octanol–water partition coefficient (Wildman–Crippen LogP) is 3.30. The SMILES string of the molecule is Cc1cc(Br)cc([N+](=O)[O-])c1Oc1nc[nH]c(=O)c1Br. The average molecular weight is 405 g/mol. The van der Waals surface area contributed by atoms with E-state index in [4.69, 9.17) is 4.74 Å². The van der Waals surface area contributed by atoms with E-state index in [-0.39, 0.29) is 21.8 Å². The lowest BCUT2D eigenvalue weighted by molar-refractivity contribution is -0.385. The Morgan fingerprint density at radius 2 is 2.10 bits per heavy atom. The number of rotatable bonds is 3. The smallest absolute Gasteiger partial charge is 0.313 e. The van der Waals surface area contributed by atoms with Crippen LogP contribution >= 0.6 is 31.9 Å². The highest BCUT2D eigenvalue weighted by Gasteiger charge is 2.21. The first kappa shape index (κ1) is 14.7. The molecule has 1 aromatic carbocycles. The maximum Gasteiger partial charge on any atom is 0.313 e.